The lowest BCUT2D eigenvalue weighted by Crippen LogP contribution is -2.27. The number of aliphatic hydroxyl groups excluding tert-OH is 1. The number of allylic oxidation sites excluding steroid dienone is 3. The summed E-state index contributed by atoms with van der Waals surface area (Å²) in [7, 11) is 1.51. The van der Waals surface area contributed by atoms with E-state index in [0.29, 0.717) is 6.42 Å². The molecule has 3 saturated carbocycles. The highest BCUT2D eigenvalue weighted by Crippen LogP contribution is 2.50. The number of likely N-dealkylation sites (N-methyl/N-ethyl adjacent to an activating group) is 1. The van der Waals surface area contributed by atoms with Crippen LogP contribution in [0.5, 0.6) is 0 Å². The number of ketones is 1. The molecule has 4 heteroatoms. The molecule has 0 heterocycles. The van der Waals surface area contributed by atoms with E-state index in [9.17, 15) is 14.7 Å². The minimum Gasteiger partial charge on any atom is -0.393 e. The average molecular weight is 402 g/mol. The first-order chi connectivity index (χ1) is 14.1. The Bertz CT molecular complexity index is 636. The molecule has 0 aromatic heterocycles. The third kappa shape index (κ3) is 6.28. The Morgan fingerprint density at radius 3 is 2.66 bits per heavy atom. The molecule has 4 atom stereocenters. The first-order valence-corrected chi connectivity index (χ1v) is 11.9. The first kappa shape index (κ1) is 22.3. The van der Waals surface area contributed by atoms with Crippen molar-refractivity contribution in [3.63, 3.8) is 0 Å². The number of unbranched alkanes of at least 4 members (excludes halogenated alkanes) is 2. The van der Waals surface area contributed by atoms with Gasteiger partial charge in [-0.3, -0.25) is 9.59 Å². The topological polar surface area (TPSA) is 66.4 Å². The van der Waals surface area contributed by atoms with Gasteiger partial charge in [-0.2, -0.15) is 0 Å². The molecule has 3 aliphatic carbocycles. The van der Waals surface area contributed by atoms with Gasteiger partial charge >= 0.3 is 0 Å². The standard InChI is InChI=1S/C25H39NO3/c1-26-25(29)24(28)12-4-2-3-8-19-15-16-23-20(9-6-11-22(19)23)14-13-18-7-5-10-21(27)17-18/h13-14,19,21-23,27H,2-12,15-17H2,1H3,(H,26,29)/b18-13-,20-14+/t19-,21-,22?,23-/m0/s1. The van der Waals surface area contributed by atoms with Crippen LogP contribution in [-0.4, -0.2) is 29.9 Å². The Morgan fingerprint density at radius 1 is 1.03 bits per heavy atom. The summed E-state index contributed by atoms with van der Waals surface area (Å²) in [5, 5.41) is 12.3. The van der Waals surface area contributed by atoms with Crippen LogP contribution >= 0.6 is 0 Å². The maximum atomic E-state index is 11.6. The molecule has 4 nitrogen and oxygen atoms in total. The first-order valence-electron chi connectivity index (χ1n) is 11.9. The summed E-state index contributed by atoms with van der Waals surface area (Å²) >= 11 is 0. The fraction of sp³-hybridized carbons (Fsp3) is 0.760. The molecule has 29 heavy (non-hydrogen) atoms. The zero-order valence-electron chi connectivity index (χ0n) is 18.1. The quantitative estimate of drug-likeness (QED) is 0.451. The minimum atomic E-state index is -0.456. The van der Waals surface area contributed by atoms with Crippen molar-refractivity contribution in [2.24, 2.45) is 17.8 Å². The van der Waals surface area contributed by atoms with Crippen molar-refractivity contribution in [3.05, 3.63) is 23.3 Å². The Labute approximate surface area is 176 Å². The summed E-state index contributed by atoms with van der Waals surface area (Å²) in [4.78, 5) is 22.8. The van der Waals surface area contributed by atoms with Gasteiger partial charge in [0.1, 0.15) is 0 Å². The van der Waals surface area contributed by atoms with Gasteiger partial charge in [0.25, 0.3) is 5.91 Å². The summed E-state index contributed by atoms with van der Waals surface area (Å²) < 4.78 is 0. The van der Waals surface area contributed by atoms with Gasteiger partial charge in [-0.05, 0) is 82.0 Å². The van der Waals surface area contributed by atoms with Crippen LogP contribution in [0.3, 0.4) is 0 Å². The number of hydrogen-bond acceptors (Lipinski definition) is 3. The average Bonchev–Trinajstić information content (AvgIpc) is 3.15. The predicted octanol–water partition coefficient (Wildman–Crippen LogP) is 4.87. The van der Waals surface area contributed by atoms with Crippen molar-refractivity contribution in [2.45, 2.75) is 96.0 Å². The van der Waals surface area contributed by atoms with E-state index in [-0.39, 0.29) is 11.9 Å². The second-order valence-corrected chi connectivity index (χ2v) is 9.42. The highest BCUT2D eigenvalue weighted by molar-refractivity contribution is 6.36. The molecule has 3 aliphatic rings. The van der Waals surface area contributed by atoms with Crippen LogP contribution in [0, 0.1) is 17.8 Å². The minimum absolute atomic E-state index is 0.130. The summed E-state index contributed by atoms with van der Waals surface area (Å²) in [6, 6.07) is 0. The van der Waals surface area contributed by atoms with Gasteiger partial charge in [-0.1, -0.05) is 42.6 Å². The Kier molecular flexibility index (Phi) is 8.53. The monoisotopic (exact) mass is 401 g/mol. The summed E-state index contributed by atoms with van der Waals surface area (Å²) in [5.41, 5.74) is 3.09. The fourth-order valence-corrected chi connectivity index (χ4v) is 5.91. The van der Waals surface area contributed by atoms with Crippen LogP contribution < -0.4 is 5.32 Å². The van der Waals surface area contributed by atoms with E-state index < -0.39 is 5.91 Å². The maximum Gasteiger partial charge on any atom is 0.287 e. The van der Waals surface area contributed by atoms with E-state index in [1.807, 2.05) is 0 Å². The zero-order chi connectivity index (χ0) is 20.6. The second-order valence-electron chi connectivity index (χ2n) is 9.42. The van der Waals surface area contributed by atoms with Crippen LogP contribution in [0.25, 0.3) is 0 Å². The van der Waals surface area contributed by atoms with E-state index in [1.165, 1.54) is 57.6 Å². The molecular weight excluding hydrogens is 362 g/mol. The molecule has 1 amide bonds. The van der Waals surface area contributed by atoms with Gasteiger partial charge in [-0.25, -0.2) is 0 Å². The van der Waals surface area contributed by atoms with E-state index in [0.717, 1.165) is 56.3 Å². The number of aliphatic hydroxyl groups is 1. The van der Waals surface area contributed by atoms with Gasteiger partial charge in [0.2, 0.25) is 5.78 Å². The van der Waals surface area contributed by atoms with Gasteiger partial charge in [0.05, 0.1) is 6.10 Å². The van der Waals surface area contributed by atoms with E-state index in [2.05, 4.69) is 17.5 Å². The molecule has 0 aromatic rings. The van der Waals surface area contributed by atoms with Crippen molar-refractivity contribution < 1.29 is 14.7 Å². The lowest BCUT2D eigenvalue weighted by Gasteiger charge is -2.32. The van der Waals surface area contributed by atoms with Gasteiger partial charge in [0, 0.05) is 13.5 Å². The maximum absolute atomic E-state index is 11.6. The highest BCUT2D eigenvalue weighted by Gasteiger charge is 2.39. The van der Waals surface area contributed by atoms with Crippen molar-refractivity contribution >= 4 is 11.7 Å². The highest BCUT2D eigenvalue weighted by atomic mass is 16.3. The van der Waals surface area contributed by atoms with Crippen LogP contribution in [0.15, 0.2) is 23.3 Å². The Morgan fingerprint density at radius 2 is 1.86 bits per heavy atom. The molecule has 0 aromatic carbocycles. The number of carbonyl (C=O) groups is 2. The van der Waals surface area contributed by atoms with Crippen molar-refractivity contribution in [1.29, 1.82) is 0 Å². The molecule has 1 unspecified atom stereocenters. The molecule has 0 spiro atoms. The molecule has 0 bridgehead atoms. The van der Waals surface area contributed by atoms with Gasteiger partial charge in [0.15, 0.2) is 0 Å². The number of carbonyl (C=O) groups excluding carboxylic acids is 2. The fourth-order valence-electron chi connectivity index (χ4n) is 5.91. The molecule has 3 fully saturated rings. The Balaban J connectivity index is 1.44. The van der Waals surface area contributed by atoms with Crippen LogP contribution in [0.1, 0.15) is 89.9 Å². The number of amides is 1. The van der Waals surface area contributed by atoms with E-state index in [1.54, 1.807) is 5.57 Å². The van der Waals surface area contributed by atoms with E-state index >= 15 is 0 Å². The van der Waals surface area contributed by atoms with Gasteiger partial charge in [-0.15, -0.1) is 0 Å². The van der Waals surface area contributed by atoms with E-state index in [4.69, 9.17) is 0 Å². The SMILES string of the molecule is CNC(=O)C(=O)CCCCC[C@H]1CC[C@H]2/C(=C/C=C3/CCC[C@H](O)C3)CCCC12. The van der Waals surface area contributed by atoms with Crippen LogP contribution in [0.2, 0.25) is 0 Å². The summed E-state index contributed by atoms with van der Waals surface area (Å²) in [6.07, 6.45) is 20.0. The number of hydrogen-bond donors (Lipinski definition) is 2. The number of Topliss-reactive ketones (excluding diaryl/α,β-unsaturated/α-hetero) is 1. The third-order valence-corrected chi connectivity index (χ3v) is 7.48. The van der Waals surface area contributed by atoms with Crippen molar-refractivity contribution in [2.75, 3.05) is 7.05 Å². The third-order valence-electron chi connectivity index (χ3n) is 7.48. The smallest absolute Gasteiger partial charge is 0.287 e. The second kappa shape index (κ2) is 11.1. The predicted molar refractivity (Wildman–Crippen MR) is 116 cm³/mol. The summed E-state index contributed by atoms with van der Waals surface area (Å²) in [6.45, 7) is 0. The molecule has 2 N–H and O–H groups in total. The molecule has 0 aliphatic heterocycles. The van der Waals surface area contributed by atoms with Crippen molar-refractivity contribution in [1.82, 2.24) is 5.32 Å². The molecule has 3 rings (SSSR count). The molecule has 0 radical (unpaired) electrons. The van der Waals surface area contributed by atoms with Crippen LogP contribution in [0.4, 0.5) is 0 Å². The molecular formula is C25H39NO3. The Hall–Kier alpha value is -1.42. The largest absolute Gasteiger partial charge is 0.393 e. The van der Waals surface area contributed by atoms with Gasteiger partial charge < -0.3 is 10.4 Å². The van der Waals surface area contributed by atoms with Crippen molar-refractivity contribution in [3.8, 4) is 0 Å². The van der Waals surface area contributed by atoms with Crippen LogP contribution in [-0.2, 0) is 9.59 Å². The lowest BCUT2D eigenvalue weighted by atomic mass is 9.73. The molecule has 162 valence electrons. The zero-order valence-corrected chi connectivity index (χ0v) is 18.1. The molecule has 0 saturated heterocycles. The lowest BCUT2D eigenvalue weighted by molar-refractivity contribution is -0.137. The number of nitrogens with one attached hydrogen (secondary N) is 1. The number of fused-ring (bicyclic) bond motifs is 1. The summed E-state index contributed by atoms with van der Waals surface area (Å²) in [5.74, 6) is 1.72. The normalized spacial score (nSPS) is 32.3. The number of rotatable bonds is 8.